The third kappa shape index (κ3) is 1.83. The van der Waals surface area contributed by atoms with E-state index in [2.05, 4.69) is 20.2 Å². The molecule has 0 aliphatic heterocycles. The quantitative estimate of drug-likeness (QED) is 0.805. The van der Waals surface area contributed by atoms with E-state index in [1.54, 1.807) is 0 Å². The van der Waals surface area contributed by atoms with Crippen LogP contribution in [-0.2, 0) is 0 Å². The Morgan fingerprint density at radius 2 is 2.06 bits per heavy atom. The summed E-state index contributed by atoms with van der Waals surface area (Å²) in [7, 11) is 0. The summed E-state index contributed by atoms with van der Waals surface area (Å²) in [4.78, 5) is 7.64. The maximum atomic E-state index is 5.89. The van der Waals surface area contributed by atoms with Crippen molar-refractivity contribution in [2.75, 3.05) is 5.73 Å². The second-order valence-electron chi connectivity index (χ2n) is 3.52. The summed E-state index contributed by atoms with van der Waals surface area (Å²) in [6, 6.07) is 0. The molecule has 0 aromatic carbocycles. The molecule has 2 aromatic rings. The molecular formula is C9H10ClN5O. The van der Waals surface area contributed by atoms with Gasteiger partial charge >= 0.3 is 0 Å². The molecule has 2 N–H and O–H groups in total. The molecule has 84 valence electrons. The lowest BCUT2D eigenvalue weighted by Crippen LogP contribution is -1.96. The number of nitrogen functional groups attached to an aromatic ring is 1. The molecule has 0 aliphatic carbocycles. The lowest BCUT2D eigenvalue weighted by molar-refractivity contribution is 0.481. The van der Waals surface area contributed by atoms with Crippen LogP contribution in [0, 0.1) is 0 Å². The fourth-order valence-corrected chi connectivity index (χ4v) is 1.36. The lowest BCUT2D eigenvalue weighted by Gasteiger charge is -2.00. The first-order valence-electron chi connectivity index (χ1n) is 4.69. The number of nitrogens with zero attached hydrogens (tertiary/aromatic N) is 4. The SMILES string of the molecule is CC(C)c1nnc(-c2c(N)ncnc2Cl)o1. The molecular weight excluding hydrogens is 230 g/mol. The molecule has 0 atom stereocenters. The topological polar surface area (TPSA) is 90.7 Å². The van der Waals surface area contributed by atoms with Gasteiger partial charge in [-0.1, -0.05) is 25.4 Å². The van der Waals surface area contributed by atoms with Crippen molar-refractivity contribution in [1.82, 2.24) is 20.2 Å². The first-order valence-corrected chi connectivity index (χ1v) is 5.07. The van der Waals surface area contributed by atoms with Gasteiger partial charge in [-0.05, 0) is 0 Å². The molecule has 0 bridgehead atoms. The van der Waals surface area contributed by atoms with Crippen molar-refractivity contribution in [3.8, 4) is 11.5 Å². The van der Waals surface area contributed by atoms with Gasteiger partial charge in [-0.2, -0.15) is 0 Å². The number of rotatable bonds is 2. The second-order valence-corrected chi connectivity index (χ2v) is 3.88. The van der Waals surface area contributed by atoms with Crippen LogP contribution < -0.4 is 5.73 Å². The first kappa shape index (κ1) is 10.8. The van der Waals surface area contributed by atoms with E-state index in [-0.39, 0.29) is 22.8 Å². The van der Waals surface area contributed by atoms with Gasteiger partial charge in [-0.15, -0.1) is 10.2 Å². The minimum Gasteiger partial charge on any atom is -0.420 e. The Labute approximate surface area is 96.9 Å². The van der Waals surface area contributed by atoms with Crippen molar-refractivity contribution < 1.29 is 4.42 Å². The van der Waals surface area contributed by atoms with Crippen LogP contribution in [0.5, 0.6) is 0 Å². The molecule has 2 rings (SSSR count). The highest BCUT2D eigenvalue weighted by Crippen LogP contribution is 2.29. The van der Waals surface area contributed by atoms with Crippen molar-refractivity contribution in [3.63, 3.8) is 0 Å². The van der Waals surface area contributed by atoms with Crippen LogP contribution in [0.4, 0.5) is 5.82 Å². The number of aromatic nitrogens is 4. The van der Waals surface area contributed by atoms with E-state index >= 15 is 0 Å². The Kier molecular flexibility index (Phi) is 2.74. The number of hydrogen-bond acceptors (Lipinski definition) is 6. The highest BCUT2D eigenvalue weighted by atomic mass is 35.5. The van der Waals surface area contributed by atoms with Gasteiger partial charge < -0.3 is 10.2 Å². The molecule has 6 nitrogen and oxygen atoms in total. The Bertz CT molecular complexity index is 490. The van der Waals surface area contributed by atoms with E-state index in [1.807, 2.05) is 13.8 Å². The van der Waals surface area contributed by atoms with Crippen molar-refractivity contribution in [2.45, 2.75) is 19.8 Å². The van der Waals surface area contributed by atoms with Gasteiger partial charge in [0, 0.05) is 5.92 Å². The highest BCUT2D eigenvalue weighted by Gasteiger charge is 2.18. The summed E-state index contributed by atoms with van der Waals surface area (Å²) in [5.74, 6) is 1.13. The van der Waals surface area contributed by atoms with Crippen LogP contribution in [0.15, 0.2) is 10.7 Å². The molecule has 0 saturated heterocycles. The van der Waals surface area contributed by atoms with Crippen LogP contribution >= 0.6 is 11.6 Å². The average molecular weight is 240 g/mol. The highest BCUT2D eigenvalue weighted by molar-refractivity contribution is 6.32. The van der Waals surface area contributed by atoms with Gasteiger partial charge in [0.15, 0.2) is 0 Å². The lowest BCUT2D eigenvalue weighted by atomic mass is 10.2. The van der Waals surface area contributed by atoms with Crippen LogP contribution in [0.2, 0.25) is 5.15 Å². The van der Waals surface area contributed by atoms with Crippen LogP contribution in [0.1, 0.15) is 25.7 Å². The zero-order valence-electron chi connectivity index (χ0n) is 8.81. The smallest absolute Gasteiger partial charge is 0.254 e. The summed E-state index contributed by atoms with van der Waals surface area (Å²) in [5, 5.41) is 7.96. The second kappa shape index (κ2) is 4.05. The van der Waals surface area contributed by atoms with Crippen LogP contribution in [0.3, 0.4) is 0 Å². The molecule has 2 aromatic heterocycles. The Morgan fingerprint density at radius 1 is 1.31 bits per heavy atom. The fraction of sp³-hybridized carbons (Fsp3) is 0.333. The van der Waals surface area contributed by atoms with E-state index < -0.39 is 0 Å². The normalized spacial score (nSPS) is 11.0. The third-order valence-electron chi connectivity index (χ3n) is 1.98. The Hall–Kier alpha value is -1.69. The van der Waals surface area contributed by atoms with E-state index in [9.17, 15) is 0 Å². The van der Waals surface area contributed by atoms with Crippen molar-refractivity contribution in [2.24, 2.45) is 0 Å². The zero-order chi connectivity index (χ0) is 11.7. The number of hydrogen-bond donors (Lipinski definition) is 1. The zero-order valence-corrected chi connectivity index (χ0v) is 9.56. The van der Waals surface area contributed by atoms with Crippen molar-refractivity contribution >= 4 is 17.4 Å². The van der Waals surface area contributed by atoms with E-state index in [4.69, 9.17) is 21.8 Å². The van der Waals surface area contributed by atoms with E-state index in [0.29, 0.717) is 11.5 Å². The Balaban J connectivity index is 2.50. The number of halogens is 1. The first-order chi connectivity index (χ1) is 7.59. The minimum absolute atomic E-state index is 0.144. The Morgan fingerprint density at radius 3 is 2.62 bits per heavy atom. The summed E-state index contributed by atoms with van der Waals surface area (Å²) in [6.07, 6.45) is 1.28. The largest absolute Gasteiger partial charge is 0.420 e. The molecule has 0 spiro atoms. The monoisotopic (exact) mass is 239 g/mol. The van der Waals surface area contributed by atoms with Gasteiger partial charge in [-0.3, -0.25) is 0 Å². The molecule has 2 heterocycles. The van der Waals surface area contributed by atoms with Gasteiger partial charge in [0.1, 0.15) is 22.9 Å². The molecule has 7 heteroatoms. The maximum Gasteiger partial charge on any atom is 0.254 e. The van der Waals surface area contributed by atoms with Crippen LogP contribution in [0.25, 0.3) is 11.5 Å². The molecule has 0 unspecified atom stereocenters. The van der Waals surface area contributed by atoms with Gasteiger partial charge in [0.05, 0.1) is 0 Å². The summed E-state index contributed by atoms with van der Waals surface area (Å²) in [6.45, 7) is 3.90. The van der Waals surface area contributed by atoms with E-state index in [1.165, 1.54) is 6.33 Å². The maximum absolute atomic E-state index is 5.89. The third-order valence-corrected chi connectivity index (χ3v) is 2.27. The van der Waals surface area contributed by atoms with Gasteiger partial charge in [-0.25, -0.2) is 9.97 Å². The molecule has 0 fully saturated rings. The predicted octanol–water partition coefficient (Wildman–Crippen LogP) is 1.89. The molecule has 0 amide bonds. The summed E-state index contributed by atoms with van der Waals surface area (Å²) < 4.78 is 5.43. The fourth-order valence-electron chi connectivity index (χ4n) is 1.14. The molecule has 0 saturated carbocycles. The van der Waals surface area contributed by atoms with Crippen molar-refractivity contribution in [3.05, 3.63) is 17.4 Å². The van der Waals surface area contributed by atoms with Crippen molar-refractivity contribution in [1.29, 1.82) is 0 Å². The number of nitrogens with two attached hydrogens (primary N) is 1. The van der Waals surface area contributed by atoms with Gasteiger partial charge in [0.25, 0.3) is 5.89 Å². The molecule has 0 aliphatic rings. The average Bonchev–Trinajstić information content (AvgIpc) is 2.66. The summed E-state index contributed by atoms with van der Waals surface area (Å²) in [5.41, 5.74) is 6.05. The summed E-state index contributed by atoms with van der Waals surface area (Å²) >= 11 is 5.89. The minimum atomic E-state index is 0.144. The molecule has 16 heavy (non-hydrogen) atoms. The molecule has 0 radical (unpaired) electrons. The van der Waals surface area contributed by atoms with Gasteiger partial charge in [0.2, 0.25) is 5.89 Å². The van der Waals surface area contributed by atoms with E-state index in [0.717, 1.165) is 0 Å². The number of anilines is 1. The predicted molar refractivity (Wildman–Crippen MR) is 58.8 cm³/mol. The standard InChI is InChI=1S/C9H10ClN5O/c1-4(2)8-14-15-9(16-8)5-6(10)12-3-13-7(5)11/h3-4H,1-2H3,(H2,11,12,13). The van der Waals surface area contributed by atoms with Crippen LogP contribution in [-0.4, -0.2) is 20.2 Å².